The summed E-state index contributed by atoms with van der Waals surface area (Å²) in [7, 11) is 1.18. The maximum atomic E-state index is 11.4. The molecule has 0 heterocycles. The molecule has 3 amide bonds. The maximum absolute atomic E-state index is 11.4. The second-order valence-corrected chi connectivity index (χ2v) is 4.46. The van der Waals surface area contributed by atoms with Crippen molar-refractivity contribution in [1.29, 1.82) is 0 Å². The number of primary amides is 1. The number of hydrogen-bond acceptors (Lipinski definition) is 5. The van der Waals surface area contributed by atoms with Gasteiger partial charge in [-0.1, -0.05) is 12.1 Å². The molecule has 21 heavy (non-hydrogen) atoms. The summed E-state index contributed by atoms with van der Waals surface area (Å²) >= 11 is 0. The summed E-state index contributed by atoms with van der Waals surface area (Å²) in [6.07, 6.45) is -0.322. The Morgan fingerprint density at radius 1 is 1.29 bits per heavy atom. The Hall–Kier alpha value is -2.28. The van der Waals surface area contributed by atoms with Crippen molar-refractivity contribution in [2.24, 2.45) is 11.5 Å². The van der Waals surface area contributed by atoms with Gasteiger partial charge in [0.2, 0.25) is 0 Å². The van der Waals surface area contributed by atoms with Crippen molar-refractivity contribution >= 4 is 12.1 Å². The van der Waals surface area contributed by atoms with Gasteiger partial charge in [-0.05, 0) is 31.0 Å². The van der Waals surface area contributed by atoms with Crippen molar-refractivity contribution in [1.82, 2.24) is 4.90 Å². The summed E-state index contributed by atoms with van der Waals surface area (Å²) in [5.41, 5.74) is 12.0. The molecule has 0 bridgehead atoms. The number of rotatable bonds is 6. The number of carbonyl (C=O) groups excluding carboxylic acids is 2. The van der Waals surface area contributed by atoms with Gasteiger partial charge in [0.1, 0.15) is 5.75 Å². The van der Waals surface area contributed by atoms with E-state index < -0.39 is 18.2 Å². The first-order valence-electron chi connectivity index (χ1n) is 6.60. The Morgan fingerprint density at radius 2 is 1.90 bits per heavy atom. The molecule has 0 spiro atoms. The fourth-order valence-corrected chi connectivity index (χ4v) is 1.85. The molecule has 0 unspecified atom stereocenters. The van der Waals surface area contributed by atoms with Crippen LogP contribution in [-0.4, -0.2) is 43.3 Å². The number of nitrogens with zero attached hydrogens (tertiary/aromatic N) is 1. The summed E-state index contributed by atoms with van der Waals surface area (Å²) in [6, 6.07) is 6.14. The Balaban J connectivity index is 2.61. The fraction of sp³-hybridized carbons (Fsp3) is 0.429. The number of carbonyl (C=O) groups is 2. The number of methoxy groups -OCH3 is 1. The van der Waals surface area contributed by atoms with E-state index in [1.807, 2.05) is 31.2 Å². The smallest absolute Gasteiger partial charge is 0.417 e. The van der Waals surface area contributed by atoms with Crippen molar-refractivity contribution in [3.8, 4) is 5.75 Å². The van der Waals surface area contributed by atoms with Gasteiger partial charge in [-0.3, -0.25) is 0 Å². The topological polar surface area (TPSA) is 108 Å². The van der Waals surface area contributed by atoms with Crippen LogP contribution in [0.15, 0.2) is 24.3 Å². The van der Waals surface area contributed by atoms with E-state index in [-0.39, 0.29) is 6.54 Å². The molecule has 0 aliphatic heterocycles. The Labute approximate surface area is 123 Å². The van der Waals surface area contributed by atoms with Crippen LogP contribution in [-0.2, 0) is 11.2 Å². The highest BCUT2D eigenvalue weighted by Crippen LogP contribution is 2.13. The lowest BCUT2D eigenvalue weighted by Gasteiger charge is -2.21. The van der Waals surface area contributed by atoms with Gasteiger partial charge in [0.15, 0.2) is 0 Å². The average Bonchev–Trinajstić information content (AvgIpc) is 2.46. The Morgan fingerprint density at radius 3 is 2.38 bits per heavy atom. The third-order valence-corrected chi connectivity index (χ3v) is 2.81. The molecule has 0 radical (unpaired) electrons. The molecule has 0 aliphatic rings. The SMILES string of the molecule is CCOc1ccc(C[C@@H](N)CN(C(N)=O)C(=O)OC)cc1. The van der Waals surface area contributed by atoms with Crippen LogP contribution >= 0.6 is 0 Å². The van der Waals surface area contributed by atoms with Crippen LogP contribution in [0.1, 0.15) is 12.5 Å². The van der Waals surface area contributed by atoms with Crippen molar-refractivity contribution in [2.75, 3.05) is 20.3 Å². The van der Waals surface area contributed by atoms with Gasteiger partial charge in [0, 0.05) is 12.6 Å². The highest BCUT2D eigenvalue weighted by Gasteiger charge is 2.22. The van der Waals surface area contributed by atoms with Crippen LogP contribution < -0.4 is 16.2 Å². The summed E-state index contributed by atoms with van der Waals surface area (Å²) in [5.74, 6) is 0.781. The molecule has 4 N–H and O–H groups in total. The van der Waals surface area contributed by atoms with Gasteiger partial charge in [0.05, 0.1) is 13.7 Å². The largest absolute Gasteiger partial charge is 0.494 e. The minimum atomic E-state index is -0.885. The number of hydrogen-bond donors (Lipinski definition) is 2. The first kappa shape index (κ1) is 16.8. The lowest BCUT2D eigenvalue weighted by atomic mass is 10.1. The van der Waals surface area contributed by atoms with Crippen LogP contribution in [0.2, 0.25) is 0 Å². The summed E-state index contributed by atoms with van der Waals surface area (Å²) in [5, 5.41) is 0. The Kier molecular flexibility index (Phi) is 6.48. The van der Waals surface area contributed by atoms with Crippen LogP contribution in [0.4, 0.5) is 9.59 Å². The third-order valence-electron chi connectivity index (χ3n) is 2.81. The molecule has 7 nitrogen and oxygen atoms in total. The number of urea groups is 1. The number of ether oxygens (including phenoxy) is 2. The van der Waals surface area contributed by atoms with E-state index in [9.17, 15) is 9.59 Å². The van der Waals surface area contributed by atoms with E-state index in [1.54, 1.807) is 0 Å². The number of imide groups is 1. The zero-order valence-corrected chi connectivity index (χ0v) is 12.2. The molecule has 1 aromatic carbocycles. The molecule has 1 atom stereocenters. The number of benzene rings is 1. The maximum Gasteiger partial charge on any atom is 0.417 e. The highest BCUT2D eigenvalue weighted by atomic mass is 16.5. The zero-order chi connectivity index (χ0) is 15.8. The molecule has 0 fully saturated rings. The summed E-state index contributed by atoms with van der Waals surface area (Å²) in [4.78, 5) is 23.3. The fourth-order valence-electron chi connectivity index (χ4n) is 1.85. The molecule has 1 aromatic rings. The molecule has 0 saturated carbocycles. The van der Waals surface area contributed by atoms with Gasteiger partial charge in [-0.2, -0.15) is 0 Å². The molecular formula is C14H21N3O4. The summed E-state index contributed by atoms with van der Waals surface area (Å²) in [6.45, 7) is 2.51. The van der Waals surface area contributed by atoms with Crippen LogP contribution in [0.3, 0.4) is 0 Å². The zero-order valence-electron chi connectivity index (χ0n) is 12.2. The highest BCUT2D eigenvalue weighted by molar-refractivity contribution is 5.89. The van der Waals surface area contributed by atoms with Gasteiger partial charge < -0.3 is 20.9 Å². The quantitative estimate of drug-likeness (QED) is 0.817. The van der Waals surface area contributed by atoms with Crippen LogP contribution in [0.5, 0.6) is 5.75 Å². The van der Waals surface area contributed by atoms with E-state index in [0.29, 0.717) is 13.0 Å². The van der Waals surface area contributed by atoms with Gasteiger partial charge >= 0.3 is 12.1 Å². The van der Waals surface area contributed by atoms with E-state index in [0.717, 1.165) is 16.2 Å². The molecule has 116 valence electrons. The summed E-state index contributed by atoms with van der Waals surface area (Å²) < 4.78 is 9.83. The van der Waals surface area contributed by atoms with Crippen molar-refractivity contribution < 1.29 is 19.1 Å². The second-order valence-electron chi connectivity index (χ2n) is 4.46. The van der Waals surface area contributed by atoms with Gasteiger partial charge in [-0.15, -0.1) is 0 Å². The molecule has 0 aromatic heterocycles. The lowest BCUT2D eigenvalue weighted by Crippen LogP contribution is -2.47. The predicted octanol–water partition coefficient (Wildman–Crippen LogP) is 1.10. The van der Waals surface area contributed by atoms with Crippen LogP contribution in [0, 0.1) is 0 Å². The lowest BCUT2D eigenvalue weighted by molar-refractivity contribution is 0.129. The van der Waals surface area contributed by atoms with E-state index in [4.69, 9.17) is 16.2 Å². The van der Waals surface area contributed by atoms with Gasteiger partial charge in [0.25, 0.3) is 0 Å². The minimum absolute atomic E-state index is 0.00474. The standard InChI is InChI=1S/C14H21N3O4/c1-3-21-12-6-4-10(5-7-12)8-11(15)9-17(13(16)18)14(19)20-2/h4-7,11H,3,8-9,15H2,1-2H3,(H2,16,18)/t11-/m1/s1. The minimum Gasteiger partial charge on any atom is -0.494 e. The number of nitrogens with two attached hydrogens (primary N) is 2. The first-order valence-corrected chi connectivity index (χ1v) is 6.60. The van der Waals surface area contributed by atoms with E-state index in [1.165, 1.54) is 7.11 Å². The van der Waals surface area contributed by atoms with Crippen LogP contribution in [0.25, 0.3) is 0 Å². The van der Waals surface area contributed by atoms with E-state index in [2.05, 4.69) is 4.74 Å². The normalized spacial score (nSPS) is 11.6. The molecule has 0 saturated heterocycles. The third kappa shape index (κ3) is 5.31. The molecule has 1 rings (SSSR count). The van der Waals surface area contributed by atoms with Crippen molar-refractivity contribution in [3.63, 3.8) is 0 Å². The molecular weight excluding hydrogens is 274 g/mol. The predicted molar refractivity (Wildman–Crippen MR) is 78.0 cm³/mol. The Bertz CT molecular complexity index is 476. The van der Waals surface area contributed by atoms with E-state index >= 15 is 0 Å². The van der Waals surface area contributed by atoms with Gasteiger partial charge in [-0.25, -0.2) is 14.5 Å². The molecule has 7 heteroatoms. The first-order chi connectivity index (χ1) is 9.97. The van der Waals surface area contributed by atoms with Crippen molar-refractivity contribution in [3.05, 3.63) is 29.8 Å². The van der Waals surface area contributed by atoms with Crippen molar-refractivity contribution in [2.45, 2.75) is 19.4 Å². The monoisotopic (exact) mass is 295 g/mol. The second kappa shape index (κ2) is 8.11. The molecule has 0 aliphatic carbocycles. The number of amides is 3. The average molecular weight is 295 g/mol.